The van der Waals surface area contributed by atoms with E-state index in [1.165, 1.54) is 0 Å². The summed E-state index contributed by atoms with van der Waals surface area (Å²) < 4.78 is 0.806. The van der Waals surface area contributed by atoms with Crippen molar-refractivity contribution in [3.8, 4) is 0 Å². The molecule has 1 aromatic rings. The summed E-state index contributed by atoms with van der Waals surface area (Å²) in [6, 6.07) is 7.43. The largest absolute Gasteiger partial charge is 0.480 e. The minimum atomic E-state index is -1.09. The average Bonchev–Trinajstić information content (AvgIpc) is 2.43. The molecule has 5 heteroatoms. The van der Waals surface area contributed by atoms with Crippen LogP contribution in [0, 0.1) is 0 Å². The van der Waals surface area contributed by atoms with Gasteiger partial charge in [-0.3, -0.25) is 5.32 Å². The van der Waals surface area contributed by atoms with E-state index in [0.717, 1.165) is 29.7 Å². The van der Waals surface area contributed by atoms with Crippen LogP contribution in [-0.4, -0.2) is 42.2 Å². The van der Waals surface area contributed by atoms with Gasteiger partial charge < -0.3 is 10.0 Å². The van der Waals surface area contributed by atoms with Crippen LogP contribution >= 0.6 is 15.9 Å². The molecule has 0 saturated carbocycles. The van der Waals surface area contributed by atoms with Crippen LogP contribution in [0.2, 0.25) is 0 Å². The number of hydrogen-bond acceptors (Lipinski definition) is 3. The first-order valence-corrected chi connectivity index (χ1v) is 7.70. The quantitative estimate of drug-likeness (QED) is 0.762. The van der Waals surface area contributed by atoms with Gasteiger partial charge in [0, 0.05) is 17.6 Å². The molecule has 0 aliphatic heterocycles. The number of rotatable bonds is 8. The van der Waals surface area contributed by atoms with Gasteiger partial charge in [-0.1, -0.05) is 48.0 Å². The molecule has 0 aliphatic rings. The first-order valence-electron chi connectivity index (χ1n) is 6.91. The standard InChI is InChI=1S/C15H23BrN2O2/c1-4-18(5-2)11-10-17-15(3,14(19)20)12-8-6-7-9-13(12)16/h6-9,17H,4-5,10-11H2,1-3H3,(H,19,20). The lowest BCUT2D eigenvalue weighted by atomic mass is 9.92. The highest BCUT2D eigenvalue weighted by Crippen LogP contribution is 2.28. The number of likely N-dealkylation sites (N-methyl/N-ethyl adjacent to an activating group) is 1. The lowest BCUT2D eigenvalue weighted by Crippen LogP contribution is -2.49. The fourth-order valence-corrected chi connectivity index (χ4v) is 2.84. The Balaban J connectivity index is 2.83. The average molecular weight is 343 g/mol. The van der Waals surface area contributed by atoms with E-state index < -0.39 is 11.5 Å². The summed E-state index contributed by atoms with van der Waals surface area (Å²) >= 11 is 3.43. The Bertz CT molecular complexity index is 449. The van der Waals surface area contributed by atoms with Gasteiger partial charge in [-0.05, 0) is 31.6 Å². The maximum atomic E-state index is 11.7. The molecule has 1 aromatic carbocycles. The third-order valence-corrected chi connectivity index (χ3v) is 4.33. The number of aliphatic carboxylic acids is 1. The Morgan fingerprint density at radius 3 is 2.45 bits per heavy atom. The maximum Gasteiger partial charge on any atom is 0.328 e. The highest BCUT2D eigenvalue weighted by molar-refractivity contribution is 9.10. The number of nitrogens with zero attached hydrogens (tertiary/aromatic N) is 1. The third-order valence-electron chi connectivity index (χ3n) is 3.64. The molecule has 0 amide bonds. The summed E-state index contributed by atoms with van der Waals surface area (Å²) in [6.45, 7) is 9.32. The molecular weight excluding hydrogens is 320 g/mol. The van der Waals surface area contributed by atoms with Crippen molar-refractivity contribution in [2.24, 2.45) is 0 Å². The number of carboxylic acids is 1. The van der Waals surface area contributed by atoms with Crippen LogP contribution in [0.4, 0.5) is 0 Å². The van der Waals surface area contributed by atoms with Gasteiger partial charge in [-0.25, -0.2) is 4.79 Å². The molecule has 0 bridgehead atoms. The lowest BCUT2D eigenvalue weighted by Gasteiger charge is -2.29. The molecule has 20 heavy (non-hydrogen) atoms. The van der Waals surface area contributed by atoms with Crippen LogP contribution in [0.3, 0.4) is 0 Å². The van der Waals surface area contributed by atoms with Gasteiger partial charge >= 0.3 is 5.97 Å². The molecule has 0 fully saturated rings. The SMILES string of the molecule is CCN(CC)CCNC(C)(C(=O)O)c1ccccc1Br. The van der Waals surface area contributed by atoms with E-state index in [9.17, 15) is 9.90 Å². The topological polar surface area (TPSA) is 52.6 Å². The number of carbonyl (C=O) groups is 1. The molecule has 0 radical (unpaired) electrons. The number of nitrogens with one attached hydrogen (secondary N) is 1. The van der Waals surface area contributed by atoms with E-state index in [2.05, 4.69) is 40.0 Å². The van der Waals surface area contributed by atoms with E-state index >= 15 is 0 Å². The zero-order valence-corrected chi connectivity index (χ0v) is 13.9. The number of hydrogen-bond donors (Lipinski definition) is 2. The molecule has 1 unspecified atom stereocenters. The van der Waals surface area contributed by atoms with E-state index in [0.29, 0.717) is 6.54 Å². The zero-order chi connectivity index (χ0) is 15.2. The van der Waals surface area contributed by atoms with Crippen LogP contribution in [0.25, 0.3) is 0 Å². The fourth-order valence-electron chi connectivity index (χ4n) is 2.16. The Labute approximate surface area is 129 Å². The van der Waals surface area contributed by atoms with Gasteiger partial charge in [0.2, 0.25) is 0 Å². The van der Waals surface area contributed by atoms with Gasteiger partial charge in [0.1, 0.15) is 5.54 Å². The molecular formula is C15H23BrN2O2. The molecule has 0 spiro atoms. The first kappa shape index (κ1) is 17.1. The number of carboxylic acid groups (broad SMARTS) is 1. The maximum absolute atomic E-state index is 11.7. The van der Waals surface area contributed by atoms with Crippen LogP contribution < -0.4 is 5.32 Å². The van der Waals surface area contributed by atoms with Crippen molar-refractivity contribution in [3.05, 3.63) is 34.3 Å². The smallest absolute Gasteiger partial charge is 0.328 e. The van der Waals surface area contributed by atoms with E-state index in [1.54, 1.807) is 6.92 Å². The van der Waals surface area contributed by atoms with Gasteiger partial charge in [0.25, 0.3) is 0 Å². The minimum Gasteiger partial charge on any atom is -0.480 e. The summed E-state index contributed by atoms with van der Waals surface area (Å²) in [5.74, 6) is -0.871. The van der Waals surface area contributed by atoms with Gasteiger partial charge in [-0.15, -0.1) is 0 Å². The normalized spacial score (nSPS) is 14.2. The predicted octanol–water partition coefficient (Wildman–Crippen LogP) is 2.68. The Morgan fingerprint density at radius 2 is 1.95 bits per heavy atom. The van der Waals surface area contributed by atoms with Crippen molar-refractivity contribution in [2.45, 2.75) is 26.3 Å². The second-order valence-corrected chi connectivity index (χ2v) is 5.72. The first-order chi connectivity index (χ1) is 9.45. The summed E-state index contributed by atoms with van der Waals surface area (Å²) in [5.41, 5.74) is -0.347. The van der Waals surface area contributed by atoms with Crippen molar-refractivity contribution < 1.29 is 9.90 Å². The third kappa shape index (κ3) is 4.04. The summed E-state index contributed by atoms with van der Waals surface area (Å²) in [4.78, 5) is 14.0. The monoisotopic (exact) mass is 342 g/mol. The molecule has 0 aromatic heterocycles. The summed E-state index contributed by atoms with van der Waals surface area (Å²) in [6.07, 6.45) is 0. The molecule has 1 atom stereocenters. The molecule has 4 nitrogen and oxygen atoms in total. The molecule has 0 heterocycles. The Hall–Kier alpha value is -0.910. The van der Waals surface area contributed by atoms with Crippen LogP contribution in [0.15, 0.2) is 28.7 Å². The molecule has 112 valence electrons. The molecule has 2 N–H and O–H groups in total. The van der Waals surface area contributed by atoms with Crippen LogP contribution in [0.1, 0.15) is 26.3 Å². The molecule has 1 rings (SSSR count). The minimum absolute atomic E-state index is 0.631. The van der Waals surface area contributed by atoms with E-state index in [1.807, 2.05) is 24.3 Å². The summed E-state index contributed by atoms with van der Waals surface area (Å²) in [5, 5.41) is 12.8. The highest BCUT2D eigenvalue weighted by Gasteiger charge is 2.36. The van der Waals surface area contributed by atoms with Gasteiger partial charge in [0.05, 0.1) is 0 Å². The molecule has 0 saturated heterocycles. The van der Waals surface area contributed by atoms with Crippen molar-refractivity contribution in [1.29, 1.82) is 0 Å². The number of halogens is 1. The lowest BCUT2D eigenvalue weighted by molar-refractivity contribution is -0.144. The Morgan fingerprint density at radius 1 is 1.35 bits per heavy atom. The molecule has 0 aliphatic carbocycles. The van der Waals surface area contributed by atoms with E-state index in [4.69, 9.17) is 0 Å². The zero-order valence-electron chi connectivity index (χ0n) is 12.3. The highest BCUT2D eigenvalue weighted by atomic mass is 79.9. The van der Waals surface area contributed by atoms with Crippen molar-refractivity contribution in [2.75, 3.05) is 26.2 Å². The fraction of sp³-hybridized carbons (Fsp3) is 0.533. The van der Waals surface area contributed by atoms with Gasteiger partial charge in [-0.2, -0.15) is 0 Å². The van der Waals surface area contributed by atoms with Crippen LogP contribution in [-0.2, 0) is 10.3 Å². The second-order valence-electron chi connectivity index (χ2n) is 4.86. The predicted molar refractivity (Wildman–Crippen MR) is 84.9 cm³/mol. The van der Waals surface area contributed by atoms with Gasteiger partial charge in [0.15, 0.2) is 0 Å². The van der Waals surface area contributed by atoms with Crippen molar-refractivity contribution in [1.82, 2.24) is 10.2 Å². The number of benzene rings is 1. The summed E-state index contributed by atoms with van der Waals surface area (Å²) in [7, 11) is 0. The van der Waals surface area contributed by atoms with Crippen LogP contribution in [0.5, 0.6) is 0 Å². The second kappa shape index (κ2) is 7.76. The Kier molecular flexibility index (Phi) is 6.65. The van der Waals surface area contributed by atoms with Crippen molar-refractivity contribution >= 4 is 21.9 Å². The van der Waals surface area contributed by atoms with Crippen molar-refractivity contribution in [3.63, 3.8) is 0 Å². The van der Waals surface area contributed by atoms with E-state index in [-0.39, 0.29) is 0 Å².